The summed E-state index contributed by atoms with van der Waals surface area (Å²) >= 11 is 0. The maximum Gasteiger partial charge on any atom is 0.290 e. The summed E-state index contributed by atoms with van der Waals surface area (Å²) in [5.74, 6) is 1.22. The maximum atomic E-state index is 12.2. The van der Waals surface area contributed by atoms with Gasteiger partial charge < -0.3 is 14.6 Å². The summed E-state index contributed by atoms with van der Waals surface area (Å²) < 4.78 is 10.8. The monoisotopic (exact) mass is 406 g/mol. The topological polar surface area (TPSA) is 80.5 Å². The van der Waals surface area contributed by atoms with E-state index in [2.05, 4.69) is 27.5 Å². The second-order valence-corrected chi connectivity index (χ2v) is 8.27. The minimum absolute atomic E-state index is 0.154. The van der Waals surface area contributed by atoms with Gasteiger partial charge in [0.1, 0.15) is 11.3 Å². The molecule has 0 bridgehead atoms. The fraction of sp³-hybridized carbons (Fsp3) is 0.435. The van der Waals surface area contributed by atoms with Crippen LogP contribution in [0.5, 0.6) is 5.75 Å². The summed E-state index contributed by atoms with van der Waals surface area (Å²) in [6.07, 6.45) is 4.24. The lowest BCUT2D eigenvalue weighted by Gasteiger charge is -2.31. The molecule has 5 rings (SSSR count). The molecule has 1 atom stereocenters. The summed E-state index contributed by atoms with van der Waals surface area (Å²) in [4.78, 5) is 19.4. The second-order valence-electron chi connectivity index (χ2n) is 8.27. The van der Waals surface area contributed by atoms with Crippen molar-refractivity contribution in [3.05, 3.63) is 53.5 Å². The molecular weight excluding hydrogens is 380 g/mol. The van der Waals surface area contributed by atoms with E-state index >= 15 is 0 Å². The van der Waals surface area contributed by atoms with Gasteiger partial charge in [-0.05, 0) is 44.4 Å². The van der Waals surface area contributed by atoms with E-state index in [1.807, 2.05) is 24.3 Å². The van der Waals surface area contributed by atoms with Crippen LogP contribution in [0.4, 0.5) is 0 Å². The fourth-order valence-corrected chi connectivity index (χ4v) is 4.16. The summed E-state index contributed by atoms with van der Waals surface area (Å²) in [5.41, 5.74) is 2.79. The number of likely N-dealkylation sites (tertiary alicyclic amines) is 1. The molecule has 2 aliphatic rings. The number of benzene rings is 1. The van der Waals surface area contributed by atoms with E-state index in [1.165, 1.54) is 0 Å². The van der Waals surface area contributed by atoms with Crippen LogP contribution in [-0.2, 0) is 6.54 Å². The Labute approximate surface area is 175 Å². The normalized spacial score (nSPS) is 19.7. The standard InChI is InChI=1S/C23H26N4O3/c1-29-20-6-2-4-15-7-8-18(24-22(15)20)14-27-11-3-5-16(13-27)19-12-21(30-26-19)23(28)25-17-9-10-17/h2,4,6-8,12,16-17H,3,5,9-11,13-14H2,1H3,(H,25,28)/t16-/m1/s1. The first-order valence-corrected chi connectivity index (χ1v) is 10.6. The van der Waals surface area contributed by atoms with Crippen LogP contribution in [0.2, 0.25) is 0 Å². The molecule has 1 aromatic carbocycles. The minimum Gasteiger partial charge on any atom is -0.494 e. The molecule has 0 spiro atoms. The molecule has 0 radical (unpaired) electrons. The van der Waals surface area contributed by atoms with Crippen LogP contribution in [0.25, 0.3) is 10.9 Å². The number of carbonyl (C=O) groups excluding carboxylic acids is 1. The number of nitrogens with one attached hydrogen (secondary N) is 1. The van der Waals surface area contributed by atoms with Crippen molar-refractivity contribution in [2.75, 3.05) is 20.2 Å². The number of hydrogen-bond donors (Lipinski definition) is 1. The van der Waals surface area contributed by atoms with Crippen molar-refractivity contribution >= 4 is 16.8 Å². The van der Waals surface area contributed by atoms with Gasteiger partial charge in [-0.2, -0.15) is 0 Å². The lowest BCUT2D eigenvalue weighted by molar-refractivity contribution is 0.0913. The van der Waals surface area contributed by atoms with Crippen molar-refractivity contribution in [2.24, 2.45) is 0 Å². The van der Waals surface area contributed by atoms with E-state index in [1.54, 1.807) is 7.11 Å². The van der Waals surface area contributed by atoms with Gasteiger partial charge in [-0.1, -0.05) is 23.4 Å². The van der Waals surface area contributed by atoms with Gasteiger partial charge in [-0.3, -0.25) is 9.69 Å². The van der Waals surface area contributed by atoms with Crippen molar-refractivity contribution in [2.45, 2.75) is 44.2 Å². The lowest BCUT2D eigenvalue weighted by atomic mass is 9.94. The van der Waals surface area contributed by atoms with Gasteiger partial charge in [0, 0.05) is 36.5 Å². The molecule has 0 unspecified atom stereocenters. The third kappa shape index (κ3) is 4.03. The number of pyridine rings is 1. The molecule has 1 N–H and O–H groups in total. The summed E-state index contributed by atoms with van der Waals surface area (Å²) in [6, 6.07) is 12.3. The SMILES string of the molecule is COc1cccc2ccc(CN3CCC[C@@H](c4cc(C(=O)NC5CC5)on4)C3)nc12. The Balaban J connectivity index is 1.27. The number of amides is 1. The molecular formula is C23H26N4O3. The van der Waals surface area contributed by atoms with Crippen LogP contribution >= 0.6 is 0 Å². The second kappa shape index (κ2) is 8.07. The molecule has 30 heavy (non-hydrogen) atoms. The van der Waals surface area contributed by atoms with E-state index in [0.29, 0.717) is 11.8 Å². The molecule has 1 aliphatic heterocycles. The van der Waals surface area contributed by atoms with Crippen LogP contribution in [-0.4, -0.2) is 47.2 Å². The number of rotatable bonds is 6. The van der Waals surface area contributed by atoms with Gasteiger partial charge in [0.15, 0.2) is 0 Å². The largest absolute Gasteiger partial charge is 0.494 e. The van der Waals surface area contributed by atoms with E-state index in [4.69, 9.17) is 14.2 Å². The number of hydrogen-bond acceptors (Lipinski definition) is 6. The Morgan fingerprint density at radius 2 is 2.17 bits per heavy atom. The molecule has 3 aromatic rings. The summed E-state index contributed by atoms with van der Waals surface area (Å²) in [7, 11) is 1.68. The van der Waals surface area contributed by atoms with Crippen molar-refractivity contribution in [3.63, 3.8) is 0 Å². The average Bonchev–Trinajstić information content (AvgIpc) is 3.44. The molecule has 7 nitrogen and oxygen atoms in total. The zero-order chi connectivity index (χ0) is 20.5. The number of piperidine rings is 1. The zero-order valence-electron chi connectivity index (χ0n) is 17.1. The maximum absolute atomic E-state index is 12.2. The first-order valence-electron chi connectivity index (χ1n) is 10.6. The predicted molar refractivity (Wildman–Crippen MR) is 113 cm³/mol. The van der Waals surface area contributed by atoms with Crippen molar-refractivity contribution in [1.29, 1.82) is 0 Å². The van der Waals surface area contributed by atoms with E-state index in [0.717, 1.165) is 73.4 Å². The highest BCUT2D eigenvalue weighted by Crippen LogP contribution is 2.29. The van der Waals surface area contributed by atoms with Crippen molar-refractivity contribution < 1.29 is 14.1 Å². The van der Waals surface area contributed by atoms with Crippen LogP contribution in [0.3, 0.4) is 0 Å². The highest BCUT2D eigenvalue weighted by molar-refractivity contribution is 5.91. The molecule has 1 saturated carbocycles. The molecule has 2 fully saturated rings. The smallest absolute Gasteiger partial charge is 0.290 e. The van der Waals surface area contributed by atoms with Crippen LogP contribution in [0.1, 0.15) is 53.5 Å². The quantitative estimate of drug-likeness (QED) is 0.675. The number of methoxy groups -OCH3 is 1. The van der Waals surface area contributed by atoms with Crippen LogP contribution < -0.4 is 10.1 Å². The summed E-state index contributed by atoms with van der Waals surface area (Å²) in [6.45, 7) is 2.67. The molecule has 1 saturated heterocycles. The van der Waals surface area contributed by atoms with Gasteiger partial charge in [0.25, 0.3) is 5.91 Å². The minimum atomic E-state index is -0.154. The third-order valence-corrected chi connectivity index (χ3v) is 5.93. The Bertz CT molecular complexity index is 1060. The van der Waals surface area contributed by atoms with Gasteiger partial charge >= 0.3 is 0 Å². The Kier molecular flexibility index (Phi) is 5.12. The Morgan fingerprint density at radius 1 is 1.27 bits per heavy atom. The Morgan fingerprint density at radius 3 is 3.00 bits per heavy atom. The van der Waals surface area contributed by atoms with Crippen molar-refractivity contribution in [3.8, 4) is 5.75 Å². The van der Waals surface area contributed by atoms with Gasteiger partial charge in [-0.15, -0.1) is 0 Å². The highest BCUT2D eigenvalue weighted by atomic mass is 16.5. The number of fused-ring (bicyclic) bond motifs is 1. The van der Waals surface area contributed by atoms with Crippen LogP contribution in [0.15, 0.2) is 40.9 Å². The number of ether oxygens (including phenoxy) is 1. The first kappa shape index (κ1) is 19.1. The van der Waals surface area contributed by atoms with Gasteiger partial charge in [0.05, 0.1) is 18.5 Å². The molecule has 3 heterocycles. The number of carbonyl (C=O) groups is 1. The number of aromatic nitrogens is 2. The van der Waals surface area contributed by atoms with E-state index in [9.17, 15) is 4.79 Å². The Hall–Kier alpha value is -2.93. The molecule has 1 aliphatic carbocycles. The van der Waals surface area contributed by atoms with Gasteiger partial charge in [0.2, 0.25) is 5.76 Å². The fourth-order valence-electron chi connectivity index (χ4n) is 4.16. The van der Waals surface area contributed by atoms with E-state index in [-0.39, 0.29) is 11.8 Å². The number of para-hydroxylation sites is 1. The van der Waals surface area contributed by atoms with Crippen LogP contribution in [0, 0.1) is 0 Å². The van der Waals surface area contributed by atoms with E-state index < -0.39 is 0 Å². The third-order valence-electron chi connectivity index (χ3n) is 5.93. The molecule has 156 valence electrons. The van der Waals surface area contributed by atoms with Gasteiger partial charge in [-0.25, -0.2) is 4.98 Å². The number of nitrogens with zero attached hydrogens (tertiary/aromatic N) is 3. The first-order chi connectivity index (χ1) is 14.7. The predicted octanol–water partition coefficient (Wildman–Crippen LogP) is 3.50. The van der Waals surface area contributed by atoms with Crippen molar-refractivity contribution in [1.82, 2.24) is 20.4 Å². The summed E-state index contributed by atoms with van der Waals surface area (Å²) in [5, 5.41) is 8.23. The zero-order valence-corrected chi connectivity index (χ0v) is 17.1. The average molecular weight is 406 g/mol. The molecule has 7 heteroatoms. The molecule has 1 amide bonds. The lowest BCUT2D eigenvalue weighted by Crippen LogP contribution is -2.34. The molecule has 2 aromatic heterocycles. The highest BCUT2D eigenvalue weighted by Gasteiger charge is 2.28.